The van der Waals surface area contributed by atoms with Crippen LogP contribution in [0, 0.1) is 5.41 Å². The molecule has 0 aromatic carbocycles. The molecule has 2 saturated heterocycles. The van der Waals surface area contributed by atoms with E-state index in [0.717, 1.165) is 26.1 Å². The van der Waals surface area contributed by atoms with Gasteiger partial charge in [0.1, 0.15) is 0 Å². The number of nitrogens with zero attached hydrogens (tertiary/aromatic N) is 1. The van der Waals surface area contributed by atoms with Crippen LogP contribution in [-0.2, 0) is 4.74 Å². The fourth-order valence-corrected chi connectivity index (χ4v) is 3.06. The molecule has 4 nitrogen and oxygen atoms in total. The third-order valence-electron chi connectivity index (χ3n) is 3.97. The van der Waals surface area contributed by atoms with Gasteiger partial charge in [0.15, 0.2) is 0 Å². The Morgan fingerprint density at radius 3 is 3.12 bits per heavy atom. The number of ether oxygens (including phenoxy) is 1. The molecule has 2 N–H and O–H groups in total. The van der Waals surface area contributed by atoms with Crippen molar-refractivity contribution < 1.29 is 9.84 Å². The second-order valence-corrected chi connectivity index (χ2v) is 5.83. The number of rotatable bonds is 5. The Kier molecular flexibility index (Phi) is 4.79. The van der Waals surface area contributed by atoms with Gasteiger partial charge in [-0.3, -0.25) is 0 Å². The van der Waals surface area contributed by atoms with Gasteiger partial charge < -0.3 is 20.1 Å². The zero-order valence-corrected chi connectivity index (χ0v) is 11.0. The summed E-state index contributed by atoms with van der Waals surface area (Å²) in [6.07, 6.45) is 3.98. The van der Waals surface area contributed by atoms with Gasteiger partial charge in [-0.25, -0.2) is 0 Å². The van der Waals surface area contributed by atoms with Crippen molar-refractivity contribution in [3.05, 3.63) is 0 Å². The van der Waals surface area contributed by atoms with Crippen molar-refractivity contribution in [2.45, 2.75) is 32.3 Å². The molecule has 0 aromatic heterocycles. The Morgan fingerprint density at radius 1 is 1.53 bits per heavy atom. The average Bonchev–Trinajstić information content (AvgIpc) is 2.73. The molecule has 0 amide bonds. The van der Waals surface area contributed by atoms with E-state index in [1.807, 2.05) is 0 Å². The molecule has 2 fully saturated rings. The van der Waals surface area contributed by atoms with Crippen LogP contribution in [-0.4, -0.2) is 62.0 Å². The first-order chi connectivity index (χ1) is 8.22. The summed E-state index contributed by atoms with van der Waals surface area (Å²) in [7, 11) is 0. The smallest absolute Gasteiger partial charge is 0.0703 e. The zero-order valence-electron chi connectivity index (χ0n) is 11.0. The Bertz CT molecular complexity index is 229. The van der Waals surface area contributed by atoms with E-state index in [0.29, 0.717) is 18.1 Å². The number of nitrogens with one attached hydrogen (secondary N) is 1. The Labute approximate surface area is 104 Å². The first-order valence-corrected chi connectivity index (χ1v) is 6.87. The SMILES string of the molecule is CC1(CN2CCCC(OCCO)C2)CCNC1. The molecule has 2 atom stereocenters. The third-order valence-corrected chi connectivity index (χ3v) is 3.97. The molecule has 2 heterocycles. The summed E-state index contributed by atoms with van der Waals surface area (Å²) < 4.78 is 5.65. The number of hydrogen-bond donors (Lipinski definition) is 2. The Balaban J connectivity index is 1.76. The van der Waals surface area contributed by atoms with Crippen molar-refractivity contribution in [2.75, 3.05) is 45.9 Å². The fraction of sp³-hybridized carbons (Fsp3) is 1.00. The van der Waals surface area contributed by atoms with Crippen LogP contribution < -0.4 is 5.32 Å². The van der Waals surface area contributed by atoms with Crippen LogP contribution in [0.2, 0.25) is 0 Å². The minimum atomic E-state index is 0.137. The number of likely N-dealkylation sites (tertiary alicyclic amines) is 1. The van der Waals surface area contributed by atoms with Gasteiger partial charge in [0.2, 0.25) is 0 Å². The standard InChI is InChI=1S/C13H26N2O2/c1-13(4-5-14-10-13)11-15-6-2-3-12(9-15)17-8-7-16/h12,14,16H,2-11H2,1H3. The second kappa shape index (κ2) is 6.14. The van der Waals surface area contributed by atoms with Crippen LogP contribution in [0.5, 0.6) is 0 Å². The summed E-state index contributed by atoms with van der Waals surface area (Å²) in [5, 5.41) is 12.2. The van der Waals surface area contributed by atoms with Gasteiger partial charge in [-0.2, -0.15) is 0 Å². The van der Waals surface area contributed by atoms with Crippen LogP contribution in [0.1, 0.15) is 26.2 Å². The average molecular weight is 242 g/mol. The molecule has 17 heavy (non-hydrogen) atoms. The van der Waals surface area contributed by atoms with Gasteiger partial charge in [-0.1, -0.05) is 6.92 Å². The molecule has 0 aliphatic carbocycles. The Morgan fingerprint density at radius 2 is 2.41 bits per heavy atom. The monoisotopic (exact) mass is 242 g/mol. The topological polar surface area (TPSA) is 44.7 Å². The molecule has 0 radical (unpaired) electrons. The molecule has 2 rings (SSSR count). The molecule has 0 saturated carbocycles. The van der Waals surface area contributed by atoms with Gasteiger partial charge in [0, 0.05) is 19.6 Å². The largest absolute Gasteiger partial charge is 0.394 e. The Hall–Kier alpha value is -0.160. The van der Waals surface area contributed by atoms with Gasteiger partial charge in [0.05, 0.1) is 19.3 Å². The van der Waals surface area contributed by atoms with Crippen LogP contribution in [0.4, 0.5) is 0 Å². The maximum atomic E-state index is 8.79. The van der Waals surface area contributed by atoms with Crippen molar-refractivity contribution in [1.29, 1.82) is 0 Å². The predicted octanol–water partition coefficient (Wildman–Crippen LogP) is 0.459. The first kappa shape index (κ1) is 13.3. The summed E-state index contributed by atoms with van der Waals surface area (Å²) in [4.78, 5) is 2.54. The minimum absolute atomic E-state index is 0.137. The lowest BCUT2D eigenvalue weighted by Crippen LogP contribution is -2.45. The van der Waals surface area contributed by atoms with E-state index < -0.39 is 0 Å². The summed E-state index contributed by atoms with van der Waals surface area (Å²) in [6, 6.07) is 0. The minimum Gasteiger partial charge on any atom is -0.394 e. The maximum absolute atomic E-state index is 8.79. The summed E-state index contributed by atoms with van der Waals surface area (Å²) in [6.45, 7) is 8.73. The predicted molar refractivity (Wildman–Crippen MR) is 68.1 cm³/mol. The summed E-state index contributed by atoms with van der Waals surface area (Å²) in [5.74, 6) is 0. The number of aliphatic hydroxyl groups excluding tert-OH is 1. The molecule has 2 aliphatic heterocycles. The van der Waals surface area contributed by atoms with Crippen molar-refractivity contribution in [1.82, 2.24) is 10.2 Å². The van der Waals surface area contributed by atoms with E-state index in [1.165, 1.54) is 25.9 Å². The van der Waals surface area contributed by atoms with Gasteiger partial charge in [-0.05, 0) is 37.8 Å². The molecule has 0 bridgehead atoms. The molecular formula is C13H26N2O2. The lowest BCUT2D eigenvalue weighted by Gasteiger charge is -2.37. The van der Waals surface area contributed by atoms with Gasteiger partial charge in [-0.15, -0.1) is 0 Å². The highest BCUT2D eigenvalue weighted by Gasteiger charge is 2.32. The first-order valence-electron chi connectivity index (χ1n) is 6.87. The van der Waals surface area contributed by atoms with Gasteiger partial charge in [0.25, 0.3) is 0 Å². The van der Waals surface area contributed by atoms with E-state index in [2.05, 4.69) is 17.1 Å². The van der Waals surface area contributed by atoms with E-state index in [-0.39, 0.29) is 6.61 Å². The number of hydrogen-bond acceptors (Lipinski definition) is 4. The van der Waals surface area contributed by atoms with Crippen LogP contribution in [0.15, 0.2) is 0 Å². The highest BCUT2D eigenvalue weighted by Crippen LogP contribution is 2.27. The quantitative estimate of drug-likeness (QED) is 0.735. The normalized spacial score (nSPS) is 35.3. The lowest BCUT2D eigenvalue weighted by molar-refractivity contribution is -0.0214. The van der Waals surface area contributed by atoms with Crippen LogP contribution in [0.3, 0.4) is 0 Å². The van der Waals surface area contributed by atoms with Crippen LogP contribution in [0.25, 0.3) is 0 Å². The molecule has 0 spiro atoms. The second-order valence-electron chi connectivity index (χ2n) is 5.83. The van der Waals surface area contributed by atoms with Crippen molar-refractivity contribution in [3.63, 3.8) is 0 Å². The van der Waals surface area contributed by atoms with E-state index in [4.69, 9.17) is 9.84 Å². The number of aliphatic hydroxyl groups is 1. The van der Waals surface area contributed by atoms with E-state index >= 15 is 0 Å². The highest BCUT2D eigenvalue weighted by molar-refractivity contribution is 4.88. The van der Waals surface area contributed by atoms with Crippen molar-refractivity contribution in [2.24, 2.45) is 5.41 Å². The molecule has 100 valence electrons. The van der Waals surface area contributed by atoms with E-state index in [1.54, 1.807) is 0 Å². The maximum Gasteiger partial charge on any atom is 0.0703 e. The van der Waals surface area contributed by atoms with Crippen molar-refractivity contribution in [3.8, 4) is 0 Å². The van der Waals surface area contributed by atoms with Gasteiger partial charge >= 0.3 is 0 Å². The molecular weight excluding hydrogens is 216 g/mol. The molecule has 4 heteroatoms. The third kappa shape index (κ3) is 3.91. The molecule has 2 aliphatic rings. The lowest BCUT2D eigenvalue weighted by atomic mass is 9.88. The highest BCUT2D eigenvalue weighted by atomic mass is 16.5. The summed E-state index contributed by atoms with van der Waals surface area (Å²) in [5.41, 5.74) is 0.443. The van der Waals surface area contributed by atoms with Crippen molar-refractivity contribution >= 4 is 0 Å². The zero-order chi connectivity index (χ0) is 12.1. The molecule has 0 aromatic rings. The number of piperidine rings is 1. The summed E-state index contributed by atoms with van der Waals surface area (Å²) >= 11 is 0. The molecule has 2 unspecified atom stereocenters. The van der Waals surface area contributed by atoms with E-state index in [9.17, 15) is 0 Å². The van der Waals surface area contributed by atoms with Crippen LogP contribution >= 0.6 is 0 Å². The fourth-order valence-electron chi connectivity index (χ4n) is 3.06.